The van der Waals surface area contributed by atoms with E-state index in [0.717, 1.165) is 13.0 Å². The van der Waals surface area contributed by atoms with Crippen molar-refractivity contribution in [3.8, 4) is 0 Å². The van der Waals surface area contributed by atoms with Gasteiger partial charge in [0.2, 0.25) is 0 Å². The first-order chi connectivity index (χ1) is 9.19. The molecule has 19 heavy (non-hydrogen) atoms. The third-order valence-corrected chi connectivity index (χ3v) is 3.62. The average Bonchev–Trinajstić information content (AvgIpc) is 2.97. The number of aromatic nitrogens is 2. The minimum atomic E-state index is -0.176. The molecule has 5 nitrogen and oxygen atoms in total. The molecule has 0 radical (unpaired) electrons. The number of carbonyl (C=O) groups excluding carboxylic acids is 1. The first-order valence-electron chi connectivity index (χ1n) is 6.75. The molecule has 106 valence electrons. The van der Waals surface area contributed by atoms with Crippen LogP contribution in [-0.4, -0.2) is 41.4 Å². The molecule has 6 heteroatoms. The van der Waals surface area contributed by atoms with Gasteiger partial charge in [-0.15, -0.1) is 0 Å². The predicted molar refractivity (Wildman–Crippen MR) is 73.6 cm³/mol. The minimum absolute atomic E-state index is 0.0272. The number of ether oxygens (including phenoxy) is 1. The van der Waals surface area contributed by atoms with Crippen molar-refractivity contribution in [1.29, 1.82) is 0 Å². The average molecular weight is 286 g/mol. The monoisotopic (exact) mass is 285 g/mol. The van der Waals surface area contributed by atoms with Crippen molar-refractivity contribution in [2.75, 3.05) is 19.8 Å². The van der Waals surface area contributed by atoms with E-state index in [-0.39, 0.29) is 17.7 Å². The minimum Gasteiger partial charge on any atom is -0.379 e. The zero-order valence-electron chi connectivity index (χ0n) is 11.4. The van der Waals surface area contributed by atoms with Crippen LogP contribution in [0.15, 0.2) is 6.20 Å². The van der Waals surface area contributed by atoms with E-state index in [0.29, 0.717) is 30.5 Å². The molecule has 0 saturated carbocycles. The number of carbonyl (C=O) groups is 1. The molecular formula is C13H20ClN3O2. The highest BCUT2D eigenvalue weighted by Crippen LogP contribution is 2.24. The van der Waals surface area contributed by atoms with Crippen molar-refractivity contribution in [3.05, 3.63) is 16.9 Å². The van der Waals surface area contributed by atoms with Gasteiger partial charge in [-0.1, -0.05) is 25.4 Å². The molecular weight excluding hydrogens is 266 g/mol. The van der Waals surface area contributed by atoms with Gasteiger partial charge in [0, 0.05) is 12.6 Å². The second kappa shape index (κ2) is 6.50. The lowest BCUT2D eigenvalue weighted by Gasteiger charge is -2.17. The standard InChI is InChI=1S/C13H20ClN3O2/c1-3-5-17-12(10(14)6-16-17)13(18)9-7-19-8-11(9)15-4-2/h6,9,11,15H,3-5,7-8H2,1-2H3. The van der Waals surface area contributed by atoms with E-state index in [1.165, 1.54) is 0 Å². The SMILES string of the molecule is CCCn1ncc(Cl)c1C(=O)C1COCC1NCC. The second-order valence-electron chi connectivity index (χ2n) is 4.74. The van der Waals surface area contributed by atoms with Crippen molar-refractivity contribution in [3.63, 3.8) is 0 Å². The summed E-state index contributed by atoms with van der Waals surface area (Å²) in [5, 5.41) is 7.89. The maximum absolute atomic E-state index is 12.6. The second-order valence-corrected chi connectivity index (χ2v) is 5.14. The van der Waals surface area contributed by atoms with E-state index < -0.39 is 0 Å². The number of nitrogens with zero attached hydrogens (tertiary/aromatic N) is 2. The van der Waals surface area contributed by atoms with Crippen LogP contribution in [0.3, 0.4) is 0 Å². The topological polar surface area (TPSA) is 56.2 Å². The van der Waals surface area contributed by atoms with Crippen LogP contribution < -0.4 is 5.32 Å². The van der Waals surface area contributed by atoms with E-state index >= 15 is 0 Å². The normalized spacial score (nSPS) is 22.9. The van der Waals surface area contributed by atoms with Gasteiger partial charge in [0.15, 0.2) is 5.78 Å². The van der Waals surface area contributed by atoms with Crippen LogP contribution in [0.2, 0.25) is 5.02 Å². The summed E-state index contributed by atoms with van der Waals surface area (Å²) in [5.41, 5.74) is 0.516. The van der Waals surface area contributed by atoms with Gasteiger partial charge in [-0.3, -0.25) is 9.48 Å². The molecule has 1 saturated heterocycles. The largest absolute Gasteiger partial charge is 0.379 e. The molecule has 2 atom stereocenters. The van der Waals surface area contributed by atoms with Gasteiger partial charge in [-0.2, -0.15) is 5.10 Å². The summed E-state index contributed by atoms with van der Waals surface area (Å²) in [6, 6.07) is 0.0681. The molecule has 1 N–H and O–H groups in total. The van der Waals surface area contributed by atoms with E-state index in [4.69, 9.17) is 16.3 Å². The van der Waals surface area contributed by atoms with Gasteiger partial charge in [0.1, 0.15) is 5.69 Å². The predicted octanol–water partition coefficient (Wildman–Crippen LogP) is 1.75. The molecule has 1 aromatic heterocycles. The Morgan fingerprint density at radius 1 is 1.58 bits per heavy atom. The molecule has 1 aliphatic heterocycles. The molecule has 0 spiro atoms. The Morgan fingerprint density at radius 3 is 3.05 bits per heavy atom. The number of Topliss-reactive ketones (excluding diaryl/α,β-unsaturated/α-hetero) is 1. The van der Waals surface area contributed by atoms with Crippen LogP contribution in [0.1, 0.15) is 30.8 Å². The van der Waals surface area contributed by atoms with Gasteiger partial charge in [-0.05, 0) is 13.0 Å². The molecule has 1 aliphatic rings. The molecule has 2 unspecified atom stereocenters. The summed E-state index contributed by atoms with van der Waals surface area (Å²) in [6.07, 6.45) is 2.46. The highest BCUT2D eigenvalue weighted by Gasteiger charge is 2.36. The number of hydrogen-bond donors (Lipinski definition) is 1. The van der Waals surface area contributed by atoms with Gasteiger partial charge in [0.25, 0.3) is 0 Å². The fourth-order valence-corrected chi connectivity index (χ4v) is 2.67. The molecule has 0 aliphatic carbocycles. The lowest BCUT2D eigenvalue weighted by atomic mass is 9.96. The number of aryl methyl sites for hydroxylation is 1. The van der Waals surface area contributed by atoms with Crippen LogP contribution in [-0.2, 0) is 11.3 Å². The first kappa shape index (κ1) is 14.5. The lowest BCUT2D eigenvalue weighted by molar-refractivity contribution is 0.0880. The van der Waals surface area contributed by atoms with E-state index in [9.17, 15) is 4.79 Å². The van der Waals surface area contributed by atoms with Crippen molar-refractivity contribution in [2.24, 2.45) is 5.92 Å². The highest BCUT2D eigenvalue weighted by molar-refractivity contribution is 6.33. The van der Waals surface area contributed by atoms with Crippen LogP contribution in [0, 0.1) is 5.92 Å². The fraction of sp³-hybridized carbons (Fsp3) is 0.692. The fourth-order valence-electron chi connectivity index (χ4n) is 2.44. The molecule has 0 amide bonds. The summed E-state index contributed by atoms with van der Waals surface area (Å²) in [7, 11) is 0. The summed E-state index contributed by atoms with van der Waals surface area (Å²) >= 11 is 6.11. The molecule has 1 aromatic rings. The quantitative estimate of drug-likeness (QED) is 0.809. The zero-order valence-corrected chi connectivity index (χ0v) is 12.1. The van der Waals surface area contributed by atoms with Gasteiger partial charge >= 0.3 is 0 Å². The number of ketones is 1. The Hall–Kier alpha value is -0.910. The maximum Gasteiger partial charge on any atom is 0.189 e. The van der Waals surface area contributed by atoms with Gasteiger partial charge < -0.3 is 10.1 Å². The Bertz CT molecular complexity index is 447. The number of hydrogen-bond acceptors (Lipinski definition) is 4. The van der Waals surface area contributed by atoms with Crippen molar-refractivity contribution < 1.29 is 9.53 Å². The molecule has 1 fully saturated rings. The van der Waals surface area contributed by atoms with Gasteiger partial charge in [-0.25, -0.2) is 0 Å². The van der Waals surface area contributed by atoms with Crippen LogP contribution >= 0.6 is 11.6 Å². The summed E-state index contributed by atoms with van der Waals surface area (Å²) in [6.45, 7) is 6.61. The number of halogens is 1. The Labute approximate surface area is 118 Å². The third kappa shape index (κ3) is 2.99. The van der Waals surface area contributed by atoms with Crippen molar-refractivity contribution >= 4 is 17.4 Å². The first-order valence-corrected chi connectivity index (χ1v) is 7.13. The molecule has 0 aromatic carbocycles. The van der Waals surface area contributed by atoms with Crippen LogP contribution in [0.25, 0.3) is 0 Å². The van der Waals surface area contributed by atoms with Crippen LogP contribution in [0.4, 0.5) is 0 Å². The molecule has 2 heterocycles. The summed E-state index contributed by atoms with van der Waals surface area (Å²) < 4.78 is 7.13. The smallest absolute Gasteiger partial charge is 0.189 e. The molecule has 2 rings (SSSR count). The number of likely N-dealkylation sites (N-methyl/N-ethyl adjacent to an activating group) is 1. The number of rotatable bonds is 6. The summed E-state index contributed by atoms with van der Waals surface area (Å²) in [4.78, 5) is 12.6. The lowest BCUT2D eigenvalue weighted by Crippen LogP contribution is -2.39. The number of nitrogens with one attached hydrogen (secondary N) is 1. The Kier molecular flexibility index (Phi) is 4.96. The maximum atomic E-state index is 12.6. The Balaban J connectivity index is 2.21. The van der Waals surface area contributed by atoms with Crippen LogP contribution in [0.5, 0.6) is 0 Å². The highest BCUT2D eigenvalue weighted by atomic mass is 35.5. The van der Waals surface area contributed by atoms with E-state index in [1.807, 2.05) is 13.8 Å². The van der Waals surface area contributed by atoms with Crippen molar-refractivity contribution in [1.82, 2.24) is 15.1 Å². The third-order valence-electron chi connectivity index (χ3n) is 3.35. The van der Waals surface area contributed by atoms with Crippen molar-refractivity contribution in [2.45, 2.75) is 32.9 Å². The Morgan fingerprint density at radius 2 is 2.37 bits per heavy atom. The van der Waals surface area contributed by atoms with E-state index in [2.05, 4.69) is 10.4 Å². The van der Waals surface area contributed by atoms with Gasteiger partial charge in [0.05, 0.1) is 30.4 Å². The molecule has 0 bridgehead atoms. The summed E-state index contributed by atoms with van der Waals surface area (Å²) in [5.74, 6) is -0.149. The zero-order chi connectivity index (χ0) is 13.8. The van der Waals surface area contributed by atoms with E-state index in [1.54, 1.807) is 10.9 Å².